The first kappa shape index (κ1) is 11.4. The molecule has 16 heavy (non-hydrogen) atoms. The van der Waals surface area contributed by atoms with E-state index in [1.54, 1.807) is 10.9 Å². The van der Waals surface area contributed by atoms with Crippen molar-refractivity contribution in [3.8, 4) is 0 Å². The van der Waals surface area contributed by atoms with Crippen LogP contribution in [0.2, 0.25) is 0 Å². The summed E-state index contributed by atoms with van der Waals surface area (Å²) >= 11 is 4.69. The van der Waals surface area contributed by atoms with E-state index >= 15 is 0 Å². The fourth-order valence-corrected chi connectivity index (χ4v) is 2.72. The first-order chi connectivity index (χ1) is 7.72. The summed E-state index contributed by atoms with van der Waals surface area (Å²) in [6.45, 7) is 1.03. The Morgan fingerprint density at radius 2 is 2.44 bits per heavy atom. The number of hydrogen-bond acceptors (Lipinski definition) is 5. The van der Waals surface area contributed by atoms with Crippen molar-refractivity contribution >= 4 is 33.0 Å². The van der Waals surface area contributed by atoms with Gasteiger partial charge in [-0.2, -0.15) is 0 Å². The van der Waals surface area contributed by atoms with Crippen molar-refractivity contribution in [1.82, 2.24) is 15.0 Å². The molecule has 0 saturated carbocycles. The quantitative estimate of drug-likeness (QED) is 0.864. The monoisotopic (exact) mass is 300 g/mol. The first-order valence-corrected chi connectivity index (χ1v) is 6.27. The lowest BCUT2D eigenvalue weighted by Crippen LogP contribution is -2.10. The smallest absolute Gasteiger partial charge is 0.225 e. The predicted molar refractivity (Wildman–Crippen MR) is 64.5 cm³/mol. The minimum atomic E-state index is -0.120. The van der Waals surface area contributed by atoms with E-state index in [0.717, 1.165) is 4.47 Å². The highest BCUT2D eigenvalue weighted by Crippen LogP contribution is 2.24. The van der Waals surface area contributed by atoms with Crippen LogP contribution in [0.1, 0.15) is 15.4 Å². The predicted octanol–water partition coefficient (Wildman–Crippen LogP) is 1.29. The Morgan fingerprint density at radius 1 is 1.62 bits per heavy atom. The van der Waals surface area contributed by atoms with Gasteiger partial charge in [-0.05, 0) is 27.4 Å². The van der Waals surface area contributed by atoms with Gasteiger partial charge in [0.1, 0.15) is 0 Å². The zero-order valence-electron chi connectivity index (χ0n) is 8.26. The van der Waals surface area contributed by atoms with E-state index in [4.69, 9.17) is 5.73 Å². The highest BCUT2D eigenvalue weighted by Gasteiger charge is 2.17. The zero-order chi connectivity index (χ0) is 11.5. The van der Waals surface area contributed by atoms with Crippen molar-refractivity contribution in [2.75, 3.05) is 6.54 Å². The molecule has 0 aromatic carbocycles. The van der Waals surface area contributed by atoms with Gasteiger partial charge in [0.25, 0.3) is 0 Å². The molecule has 0 atom stereocenters. The van der Waals surface area contributed by atoms with E-state index in [1.807, 2.05) is 11.4 Å². The minimum absolute atomic E-state index is 0.120. The molecule has 2 aromatic heterocycles. The molecule has 7 heteroatoms. The number of nitrogens with two attached hydrogens (primary N) is 1. The number of hydrogen-bond donors (Lipinski definition) is 1. The van der Waals surface area contributed by atoms with Crippen LogP contribution in [0.15, 0.2) is 22.1 Å². The number of aromatic nitrogens is 3. The molecule has 0 fully saturated rings. The van der Waals surface area contributed by atoms with Gasteiger partial charge in [-0.3, -0.25) is 9.48 Å². The Labute approximate surface area is 104 Å². The van der Waals surface area contributed by atoms with E-state index in [-0.39, 0.29) is 5.78 Å². The summed E-state index contributed by atoms with van der Waals surface area (Å²) in [6.07, 6.45) is 1.61. The largest absolute Gasteiger partial charge is 0.329 e. The molecule has 0 radical (unpaired) electrons. The van der Waals surface area contributed by atoms with Gasteiger partial charge in [0.05, 0.1) is 17.6 Å². The Bertz CT molecular complexity index is 507. The van der Waals surface area contributed by atoms with Crippen LogP contribution in [-0.2, 0) is 6.54 Å². The molecule has 5 nitrogen and oxygen atoms in total. The van der Waals surface area contributed by atoms with Crippen molar-refractivity contribution in [2.45, 2.75) is 6.54 Å². The number of ketones is 1. The number of carbonyl (C=O) groups excluding carboxylic acids is 1. The van der Waals surface area contributed by atoms with Gasteiger partial charge in [-0.25, -0.2) is 0 Å². The van der Waals surface area contributed by atoms with E-state index in [1.165, 1.54) is 11.3 Å². The Kier molecular flexibility index (Phi) is 3.47. The van der Waals surface area contributed by atoms with Crippen molar-refractivity contribution in [2.24, 2.45) is 5.73 Å². The van der Waals surface area contributed by atoms with Crippen LogP contribution in [0.5, 0.6) is 0 Å². The second-order valence-corrected chi connectivity index (χ2v) is 4.85. The van der Waals surface area contributed by atoms with Gasteiger partial charge in [0, 0.05) is 11.0 Å². The lowest BCUT2D eigenvalue weighted by Gasteiger charge is -1.94. The zero-order valence-corrected chi connectivity index (χ0v) is 10.7. The summed E-state index contributed by atoms with van der Waals surface area (Å²) in [5.74, 6) is -0.120. The molecule has 0 spiro atoms. The van der Waals surface area contributed by atoms with Gasteiger partial charge in [0.15, 0.2) is 5.69 Å². The number of halogens is 1. The highest BCUT2D eigenvalue weighted by molar-refractivity contribution is 9.10. The number of carbonyl (C=O) groups is 1. The minimum Gasteiger partial charge on any atom is -0.329 e. The molecular formula is C9H9BrN4OS. The third-order valence-corrected chi connectivity index (χ3v) is 3.79. The van der Waals surface area contributed by atoms with Gasteiger partial charge in [0.2, 0.25) is 5.78 Å². The molecule has 0 aliphatic rings. The number of thiophene rings is 1. The number of rotatable bonds is 4. The maximum absolute atomic E-state index is 12.0. The summed E-state index contributed by atoms with van der Waals surface area (Å²) < 4.78 is 2.35. The second-order valence-electron chi connectivity index (χ2n) is 3.08. The Hall–Kier alpha value is -1.05. The van der Waals surface area contributed by atoms with Crippen LogP contribution in [0.4, 0.5) is 0 Å². The maximum atomic E-state index is 12.0. The fourth-order valence-electron chi connectivity index (χ4n) is 1.22. The third kappa shape index (κ3) is 2.21. The summed E-state index contributed by atoms with van der Waals surface area (Å²) in [7, 11) is 0. The summed E-state index contributed by atoms with van der Waals surface area (Å²) in [6, 6.07) is 1.84. The number of nitrogens with zero attached hydrogens (tertiary/aromatic N) is 3. The van der Waals surface area contributed by atoms with Crippen LogP contribution in [0.25, 0.3) is 0 Å². The van der Waals surface area contributed by atoms with Crippen molar-refractivity contribution in [3.05, 3.63) is 32.7 Å². The van der Waals surface area contributed by atoms with Crippen LogP contribution < -0.4 is 5.73 Å². The highest BCUT2D eigenvalue weighted by atomic mass is 79.9. The van der Waals surface area contributed by atoms with Crippen LogP contribution in [-0.4, -0.2) is 27.3 Å². The van der Waals surface area contributed by atoms with Gasteiger partial charge < -0.3 is 5.73 Å². The average molecular weight is 301 g/mol. The van der Waals surface area contributed by atoms with Crippen LogP contribution >= 0.6 is 27.3 Å². The fraction of sp³-hybridized carbons (Fsp3) is 0.222. The summed E-state index contributed by atoms with van der Waals surface area (Å²) in [4.78, 5) is 12.6. The molecule has 2 rings (SSSR count). The Morgan fingerprint density at radius 3 is 3.06 bits per heavy atom. The normalized spacial score (nSPS) is 10.6. The lowest BCUT2D eigenvalue weighted by molar-refractivity contribution is 0.103. The standard InChI is InChI=1S/C9H9BrN4OS/c10-6-1-4-16-9(6)8(15)7-5-14(3-2-11)13-12-7/h1,4-5H,2-3,11H2. The summed E-state index contributed by atoms with van der Waals surface area (Å²) in [5, 5.41) is 9.50. The lowest BCUT2D eigenvalue weighted by atomic mass is 10.2. The van der Waals surface area contributed by atoms with Crippen LogP contribution in [0, 0.1) is 0 Å². The molecule has 0 saturated heterocycles. The topological polar surface area (TPSA) is 73.8 Å². The van der Waals surface area contributed by atoms with Crippen molar-refractivity contribution in [3.63, 3.8) is 0 Å². The van der Waals surface area contributed by atoms with Gasteiger partial charge >= 0.3 is 0 Å². The average Bonchev–Trinajstić information content (AvgIpc) is 2.87. The van der Waals surface area contributed by atoms with E-state index in [2.05, 4.69) is 26.2 Å². The molecule has 0 amide bonds. The van der Waals surface area contributed by atoms with E-state index in [0.29, 0.717) is 23.7 Å². The maximum Gasteiger partial charge on any atom is 0.225 e. The molecule has 0 bridgehead atoms. The molecule has 84 valence electrons. The molecule has 0 unspecified atom stereocenters. The third-order valence-electron chi connectivity index (χ3n) is 1.95. The van der Waals surface area contributed by atoms with Gasteiger partial charge in [-0.15, -0.1) is 16.4 Å². The second kappa shape index (κ2) is 4.86. The van der Waals surface area contributed by atoms with Crippen molar-refractivity contribution in [1.29, 1.82) is 0 Å². The molecular weight excluding hydrogens is 292 g/mol. The summed E-state index contributed by atoms with van der Waals surface area (Å²) in [5.41, 5.74) is 5.73. The SMILES string of the molecule is NCCn1cc(C(=O)c2sccc2Br)nn1. The van der Waals surface area contributed by atoms with Crippen LogP contribution in [0.3, 0.4) is 0 Å². The molecule has 2 heterocycles. The Balaban J connectivity index is 2.24. The molecule has 0 aliphatic carbocycles. The molecule has 2 aromatic rings. The van der Waals surface area contributed by atoms with E-state index in [9.17, 15) is 4.79 Å². The molecule has 2 N–H and O–H groups in total. The molecule has 0 aliphatic heterocycles. The van der Waals surface area contributed by atoms with Gasteiger partial charge in [-0.1, -0.05) is 5.21 Å². The first-order valence-electron chi connectivity index (χ1n) is 4.60. The van der Waals surface area contributed by atoms with E-state index < -0.39 is 0 Å². The van der Waals surface area contributed by atoms with Crippen molar-refractivity contribution < 1.29 is 4.79 Å².